The van der Waals surface area contributed by atoms with Gasteiger partial charge < -0.3 is 14.9 Å². The molecule has 4 N–H and O–H groups in total. The van der Waals surface area contributed by atoms with Crippen LogP contribution in [0.25, 0.3) is 22.0 Å². The van der Waals surface area contributed by atoms with Gasteiger partial charge in [0.2, 0.25) is 10.0 Å². The van der Waals surface area contributed by atoms with Crippen LogP contribution in [0.3, 0.4) is 0 Å². The van der Waals surface area contributed by atoms with Crippen molar-refractivity contribution >= 4 is 26.7 Å². The first-order valence-corrected chi connectivity index (χ1v) is 13.2. The van der Waals surface area contributed by atoms with E-state index in [9.17, 15) is 18.0 Å². The Labute approximate surface area is 199 Å². The molecule has 34 heavy (non-hydrogen) atoms. The molecule has 3 heterocycles. The smallest absolute Gasteiger partial charge is 0.255 e. The van der Waals surface area contributed by atoms with E-state index in [1.54, 1.807) is 24.5 Å². The quantitative estimate of drug-likeness (QED) is 0.464. The minimum absolute atomic E-state index is 0.108. The molecule has 1 aromatic carbocycles. The molecule has 1 fully saturated rings. The van der Waals surface area contributed by atoms with E-state index in [1.807, 2.05) is 23.7 Å². The number of aromatic nitrogens is 2. The van der Waals surface area contributed by atoms with Crippen molar-refractivity contribution in [3.05, 3.63) is 58.1 Å². The number of sulfonamides is 1. The fourth-order valence-electron chi connectivity index (χ4n) is 5.02. The highest BCUT2D eigenvalue weighted by atomic mass is 32.2. The summed E-state index contributed by atoms with van der Waals surface area (Å²) in [6.45, 7) is 7.58. The van der Waals surface area contributed by atoms with Gasteiger partial charge in [0, 0.05) is 41.9 Å². The molecular weight excluding hydrogens is 452 g/mol. The number of hydrogen-bond donors (Lipinski definition) is 3. The van der Waals surface area contributed by atoms with Gasteiger partial charge in [0.05, 0.1) is 11.3 Å². The Morgan fingerprint density at radius 2 is 2.03 bits per heavy atom. The largest absolute Gasteiger partial charge is 0.350 e. The number of nitrogens with two attached hydrogens (primary N) is 1. The molecule has 182 valence electrons. The Morgan fingerprint density at radius 1 is 1.29 bits per heavy atom. The van der Waals surface area contributed by atoms with Crippen LogP contribution in [0.4, 0.5) is 0 Å². The maximum atomic E-state index is 13.9. The molecule has 0 saturated carbocycles. The van der Waals surface area contributed by atoms with E-state index in [1.165, 1.54) is 0 Å². The molecule has 8 nitrogen and oxygen atoms in total. The monoisotopic (exact) mass is 484 g/mol. The second-order valence-corrected chi connectivity index (χ2v) is 11.9. The molecule has 1 aliphatic rings. The summed E-state index contributed by atoms with van der Waals surface area (Å²) in [7, 11) is -1.97. The van der Waals surface area contributed by atoms with Gasteiger partial charge in [-0.2, -0.15) is 0 Å². The average Bonchev–Trinajstić information content (AvgIpc) is 3.38. The number of Topliss-reactive ketones (excluding diaryl/α,β-unsaturated/α-hetero) is 1. The van der Waals surface area contributed by atoms with Gasteiger partial charge >= 0.3 is 0 Å². The Hall–Kier alpha value is -2.75. The molecule has 4 rings (SSSR count). The lowest BCUT2D eigenvalue weighted by Gasteiger charge is -2.23. The summed E-state index contributed by atoms with van der Waals surface area (Å²) in [6, 6.07) is 7.39. The second kappa shape index (κ2) is 8.79. The van der Waals surface area contributed by atoms with Gasteiger partial charge in [-0.15, -0.1) is 0 Å². The van der Waals surface area contributed by atoms with Gasteiger partial charge in [-0.05, 0) is 66.2 Å². The Bertz CT molecular complexity index is 1410. The van der Waals surface area contributed by atoms with Crippen molar-refractivity contribution < 1.29 is 13.2 Å². The summed E-state index contributed by atoms with van der Waals surface area (Å²) in [6.07, 6.45) is 4.08. The van der Waals surface area contributed by atoms with Crippen molar-refractivity contribution in [2.45, 2.75) is 32.6 Å². The molecule has 2 atom stereocenters. The SMILES string of the molecule is Cn1cc(C(=O)C(CS(N)(=O)=O)C2CCNC2)c2cc(-c3ccc[nH]c3=O)cc(C(C)(C)C)c21. The van der Waals surface area contributed by atoms with Crippen LogP contribution in [-0.4, -0.2) is 42.6 Å². The van der Waals surface area contributed by atoms with E-state index in [0.717, 1.165) is 17.6 Å². The van der Waals surface area contributed by atoms with Crippen molar-refractivity contribution in [1.29, 1.82) is 0 Å². The summed E-state index contributed by atoms with van der Waals surface area (Å²) in [5, 5.41) is 9.33. The van der Waals surface area contributed by atoms with Crippen LogP contribution in [-0.2, 0) is 22.5 Å². The van der Waals surface area contributed by atoms with Crippen molar-refractivity contribution in [3.8, 4) is 11.1 Å². The van der Waals surface area contributed by atoms with Crippen molar-refractivity contribution in [2.75, 3.05) is 18.8 Å². The van der Waals surface area contributed by atoms with Gasteiger partial charge in [-0.1, -0.05) is 20.8 Å². The molecule has 0 amide bonds. The highest BCUT2D eigenvalue weighted by molar-refractivity contribution is 7.89. The lowest BCUT2D eigenvalue weighted by atomic mass is 9.82. The predicted molar refractivity (Wildman–Crippen MR) is 134 cm³/mol. The number of ketones is 1. The number of fused-ring (bicyclic) bond motifs is 1. The van der Waals surface area contributed by atoms with Crippen LogP contribution < -0.4 is 16.0 Å². The topological polar surface area (TPSA) is 127 Å². The average molecular weight is 485 g/mol. The highest BCUT2D eigenvalue weighted by Crippen LogP contribution is 2.37. The fraction of sp³-hybridized carbons (Fsp3) is 0.440. The maximum Gasteiger partial charge on any atom is 0.255 e. The van der Waals surface area contributed by atoms with Gasteiger partial charge in [-0.3, -0.25) is 9.59 Å². The predicted octanol–water partition coefficient (Wildman–Crippen LogP) is 2.53. The number of nitrogens with one attached hydrogen (secondary N) is 2. The third-order valence-electron chi connectivity index (χ3n) is 6.69. The minimum Gasteiger partial charge on any atom is -0.350 e. The van der Waals surface area contributed by atoms with Gasteiger partial charge in [-0.25, -0.2) is 13.6 Å². The number of rotatable bonds is 6. The summed E-state index contributed by atoms with van der Waals surface area (Å²) in [5.41, 5.74) is 3.09. The second-order valence-electron chi connectivity index (χ2n) is 10.3. The Morgan fingerprint density at radius 3 is 2.62 bits per heavy atom. The number of pyridine rings is 1. The van der Waals surface area contributed by atoms with Crippen LogP contribution in [0.5, 0.6) is 0 Å². The van der Waals surface area contributed by atoms with Crippen LogP contribution >= 0.6 is 0 Å². The van der Waals surface area contributed by atoms with E-state index in [-0.39, 0.29) is 22.7 Å². The van der Waals surface area contributed by atoms with E-state index in [4.69, 9.17) is 5.14 Å². The van der Waals surface area contributed by atoms with E-state index in [2.05, 4.69) is 31.1 Å². The number of nitrogens with zero attached hydrogens (tertiary/aromatic N) is 1. The lowest BCUT2D eigenvalue weighted by Crippen LogP contribution is -2.34. The van der Waals surface area contributed by atoms with E-state index in [0.29, 0.717) is 35.0 Å². The number of aromatic amines is 1. The zero-order valence-corrected chi connectivity index (χ0v) is 20.8. The first-order valence-electron chi connectivity index (χ1n) is 11.4. The molecule has 2 aromatic heterocycles. The van der Waals surface area contributed by atoms with Crippen molar-refractivity contribution in [3.63, 3.8) is 0 Å². The molecule has 0 spiro atoms. The minimum atomic E-state index is -3.85. The third kappa shape index (κ3) is 4.73. The highest BCUT2D eigenvalue weighted by Gasteiger charge is 2.36. The molecule has 3 aromatic rings. The molecule has 1 aliphatic heterocycles. The molecular formula is C25H32N4O4S. The van der Waals surface area contributed by atoms with Crippen molar-refractivity contribution in [2.24, 2.45) is 24.0 Å². The zero-order valence-electron chi connectivity index (χ0n) is 20.0. The van der Waals surface area contributed by atoms with Gasteiger partial charge in [0.25, 0.3) is 5.56 Å². The normalized spacial score (nSPS) is 17.9. The molecule has 1 saturated heterocycles. The fourth-order valence-corrected chi connectivity index (χ4v) is 5.94. The van der Waals surface area contributed by atoms with Crippen LogP contribution in [0.2, 0.25) is 0 Å². The summed E-state index contributed by atoms with van der Waals surface area (Å²) in [4.78, 5) is 29.2. The Kier molecular flexibility index (Phi) is 6.30. The number of benzene rings is 1. The molecule has 0 bridgehead atoms. The number of carbonyl (C=O) groups excluding carboxylic acids is 1. The van der Waals surface area contributed by atoms with Crippen LogP contribution in [0.15, 0.2) is 41.5 Å². The van der Waals surface area contributed by atoms with Gasteiger partial charge in [0.15, 0.2) is 5.78 Å². The van der Waals surface area contributed by atoms with E-state index < -0.39 is 21.7 Å². The summed E-state index contributed by atoms with van der Waals surface area (Å²) >= 11 is 0. The lowest BCUT2D eigenvalue weighted by molar-refractivity contribution is 0.0896. The maximum absolute atomic E-state index is 13.9. The van der Waals surface area contributed by atoms with E-state index >= 15 is 0 Å². The summed E-state index contributed by atoms with van der Waals surface area (Å²) < 4.78 is 26.0. The number of H-pyrrole nitrogens is 1. The molecule has 2 unspecified atom stereocenters. The first-order chi connectivity index (χ1) is 15.9. The number of primary sulfonamides is 1. The number of aryl methyl sites for hydroxylation is 1. The molecule has 0 radical (unpaired) electrons. The Balaban J connectivity index is 1.96. The molecule has 9 heteroatoms. The number of hydrogen-bond acceptors (Lipinski definition) is 5. The molecule has 0 aliphatic carbocycles. The van der Waals surface area contributed by atoms with Crippen LogP contribution in [0, 0.1) is 11.8 Å². The zero-order chi connectivity index (χ0) is 24.8. The standard InChI is InChI=1S/C25H32N4O4S/c1-25(2,3)21-11-16(17-6-5-8-28-24(17)31)10-18-19(13-29(4)22(18)21)23(30)20(14-34(26,32)33)15-7-9-27-12-15/h5-6,8,10-11,13,15,20,27H,7,9,12,14H2,1-4H3,(H,28,31)(H2,26,32,33). The third-order valence-corrected chi connectivity index (χ3v) is 7.52. The van der Waals surface area contributed by atoms with Crippen molar-refractivity contribution in [1.82, 2.24) is 14.9 Å². The van der Waals surface area contributed by atoms with Crippen LogP contribution in [0.1, 0.15) is 43.1 Å². The first kappa shape index (κ1) is 24.4. The number of carbonyl (C=O) groups is 1. The summed E-state index contributed by atoms with van der Waals surface area (Å²) in [5.74, 6) is -1.47. The van der Waals surface area contributed by atoms with Gasteiger partial charge in [0.1, 0.15) is 0 Å².